The predicted octanol–water partition coefficient (Wildman–Crippen LogP) is 3.08. The van der Waals surface area contributed by atoms with Crippen molar-refractivity contribution >= 4 is 11.3 Å². The average Bonchev–Trinajstić information content (AvgIpc) is 2.71. The van der Waals surface area contributed by atoms with Crippen molar-refractivity contribution in [3.05, 3.63) is 46.7 Å². The van der Waals surface area contributed by atoms with Gasteiger partial charge in [-0.2, -0.15) is 11.3 Å². The molecule has 0 fully saturated rings. The van der Waals surface area contributed by atoms with Gasteiger partial charge in [-0.15, -0.1) is 0 Å². The van der Waals surface area contributed by atoms with E-state index in [1.165, 1.54) is 5.56 Å². The molecule has 0 aliphatic carbocycles. The summed E-state index contributed by atoms with van der Waals surface area (Å²) in [5.41, 5.74) is 1.29. The molecule has 3 heteroatoms. The smallest absolute Gasteiger partial charge is 0.122 e. The van der Waals surface area contributed by atoms with E-state index in [9.17, 15) is 5.11 Å². The molecule has 15 heavy (non-hydrogen) atoms. The number of hydrogen-bond donors (Lipinski definition) is 1. The maximum atomic E-state index is 9.22. The molecular formula is C12H12O2S. The molecule has 1 N–H and O–H groups in total. The van der Waals surface area contributed by atoms with Crippen LogP contribution in [-0.2, 0) is 6.42 Å². The highest BCUT2D eigenvalue weighted by Gasteiger charge is 1.96. The molecule has 1 aromatic heterocycles. The lowest BCUT2D eigenvalue weighted by Crippen LogP contribution is -2.00. The van der Waals surface area contributed by atoms with Crippen LogP contribution >= 0.6 is 11.3 Å². The third-order valence-corrected chi connectivity index (χ3v) is 2.79. The maximum Gasteiger partial charge on any atom is 0.122 e. The van der Waals surface area contributed by atoms with Crippen molar-refractivity contribution in [1.29, 1.82) is 0 Å². The van der Waals surface area contributed by atoms with Gasteiger partial charge in [0.15, 0.2) is 0 Å². The van der Waals surface area contributed by atoms with Crippen LogP contribution in [0.5, 0.6) is 11.5 Å². The number of thiophene rings is 1. The van der Waals surface area contributed by atoms with E-state index in [1.54, 1.807) is 29.5 Å². The summed E-state index contributed by atoms with van der Waals surface area (Å²) in [6, 6.07) is 8.96. The van der Waals surface area contributed by atoms with Gasteiger partial charge < -0.3 is 9.84 Å². The Kier molecular flexibility index (Phi) is 3.25. The van der Waals surface area contributed by atoms with Crippen molar-refractivity contribution in [3.8, 4) is 11.5 Å². The number of phenols is 1. The van der Waals surface area contributed by atoms with Crippen LogP contribution in [0.25, 0.3) is 0 Å². The molecule has 78 valence electrons. The zero-order valence-electron chi connectivity index (χ0n) is 8.22. The van der Waals surface area contributed by atoms with Crippen LogP contribution in [-0.4, -0.2) is 11.7 Å². The van der Waals surface area contributed by atoms with Gasteiger partial charge in [-0.3, -0.25) is 0 Å². The molecule has 0 aliphatic heterocycles. The molecule has 2 rings (SSSR count). The second-order valence-corrected chi connectivity index (χ2v) is 4.01. The molecule has 0 atom stereocenters. The van der Waals surface area contributed by atoms with E-state index in [0.717, 1.165) is 6.42 Å². The number of benzene rings is 1. The summed E-state index contributed by atoms with van der Waals surface area (Å²) in [5, 5.41) is 13.4. The summed E-state index contributed by atoms with van der Waals surface area (Å²) in [6.45, 7) is 0.639. The second kappa shape index (κ2) is 4.84. The van der Waals surface area contributed by atoms with Gasteiger partial charge in [0.2, 0.25) is 0 Å². The minimum atomic E-state index is 0.239. The summed E-state index contributed by atoms with van der Waals surface area (Å²) in [4.78, 5) is 0. The van der Waals surface area contributed by atoms with Gasteiger partial charge >= 0.3 is 0 Å². The first kappa shape index (κ1) is 10.1. The number of rotatable bonds is 4. The first-order chi connectivity index (χ1) is 7.34. The van der Waals surface area contributed by atoms with E-state index in [-0.39, 0.29) is 5.75 Å². The molecule has 0 aliphatic rings. The fourth-order valence-corrected chi connectivity index (χ4v) is 2.00. The van der Waals surface area contributed by atoms with Gasteiger partial charge in [-0.05, 0) is 34.5 Å². The molecule has 0 saturated carbocycles. The molecule has 0 spiro atoms. The third kappa shape index (κ3) is 2.99. The van der Waals surface area contributed by atoms with Crippen LogP contribution in [0.3, 0.4) is 0 Å². The van der Waals surface area contributed by atoms with E-state index < -0.39 is 0 Å². The first-order valence-corrected chi connectivity index (χ1v) is 5.72. The van der Waals surface area contributed by atoms with E-state index in [1.807, 2.05) is 6.07 Å². The number of ether oxygens (including phenoxy) is 1. The predicted molar refractivity (Wildman–Crippen MR) is 61.6 cm³/mol. The standard InChI is InChI=1S/C12H12O2S/c13-11-2-1-3-12(8-11)14-6-4-10-5-7-15-9-10/h1-3,5,7-9,13H,4,6H2. The van der Waals surface area contributed by atoms with Crippen molar-refractivity contribution in [2.75, 3.05) is 6.61 Å². The Bertz CT molecular complexity index is 409. The zero-order valence-corrected chi connectivity index (χ0v) is 9.04. The Morgan fingerprint density at radius 3 is 2.93 bits per heavy atom. The summed E-state index contributed by atoms with van der Waals surface area (Å²) < 4.78 is 5.50. The molecule has 0 bridgehead atoms. The topological polar surface area (TPSA) is 29.5 Å². The van der Waals surface area contributed by atoms with Crippen molar-refractivity contribution in [3.63, 3.8) is 0 Å². The highest BCUT2D eigenvalue weighted by atomic mass is 32.1. The summed E-state index contributed by atoms with van der Waals surface area (Å²) in [6.07, 6.45) is 0.902. The van der Waals surface area contributed by atoms with Gasteiger partial charge in [-0.1, -0.05) is 6.07 Å². The van der Waals surface area contributed by atoms with Crippen molar-refractivity contribution < 1.29 is 9.84 Å². The first-order valence-electron chi connectivity index (χ1n) is 4.77. The van der Waals surface area contributed by atoms with Crippen molar-refractivity contribution in [2.45, 2.75) is 6.42 Å². The molecule has 2 nitrogen and oxygen atoms in total. The SMILES string of the molecule is Oc1cccc(OCCc2ccsc2)c1. The summed E-state index contributed by atoms with van der Waals surface area (Å²) >= 11 is 1.69. The number of hydrogen-bond acceptors (Lipinski definition) is 3. The molecule has 1 heterocycles. The van der Waals surface area contributed by atoms with Crippen LogP contribution in [0.15, 0.2) is 41.1 Å². The Balaban J connectivity index is 1.83. The van der Waals surface area contributed by atoms with Gasteiger partial charge in [0.1, 0.15) is 11.5 Å². The Morgan fingerprint density at radius 2 is 2.20 bits per heavy atom. The van der Waals surface area contributed by atoms with Gasteiger partial charge in [0.05, 0.1) is 6.61 Å². The van der Waals surface area contributed by atoms with Gasteiger partial charge in [0, 0.05) is 12.5 Å². The van der Waals surface area contributed by atoms with Crippen LogP contribution < -0.4 is 4.74 Å². The van der Waals surface area contributed by atoms with E-state index in [4.69, 9.17) is 4.74 Å². The lowest BCUT2D eigenvalue weighted by atomic mass is 10.2. The molecule has 0 radical (unpaired) electrons. The van der Waals surface area contributed by atoms with Crippen LogP contribution in [0.1, 0.15) is 5.56 Å². The fraction of sp³-hybridized carbons (Fsp3) is 0.167. The quantitative estimate of drug-likeness (QED) is 0.858. The Labute approximate surface area is 92.8 Å². The normalized spacial score (nSPS) is 10.1. The number of phenolic OH excluding ortho intramolecular Hbond substituents is 1. The monoisotopic (exact) mass is 220 g/mol. The van der Waals surface area contributed by atoms with Crippen LogP contribution in [0, 0.1) is 0 Å². The fourth-order valence-electron chi connectivity index (χ4n) is 1.29. The molecule has 0 saturated heterocycles. The molecular weight excluding hydrogens is 208 g/mol. The molecule has 2 aromatic rings. The highest BCUT2D eigenvalue weighted by Crippen LogP contribution is 2.18. The van der Waals surface area contributed by atoms with E-state index in [0.29, 0.717) is 12.4 Å². The molecule has 0 unspecified atom stereocenters. The second-order valence-electron chi connectivity index (χ2n) is 3.23. The van der Waals surface area contributed by atoms with Crippen molar-refractivity contribution in [1.82, 2.24) is 0 Å². The van der Waals surface area contributed by atoms with Crippen LogP contribution in [0.4, 0.5) is 0 Å². The third-order valence-electron chi connectivity index (χ3n) is 2.06. The summed E-state index contributed by atoms with van der Waals surface area (Å²) in [7, 11) is 0. The lowest BCUT2D eigenvalue weighted by Gasteiger charge is -2.05. The van der Waals surface area contributed by atoms with Gasteiger partial charge in [0.25, 0.3) is 0 Å². The average molecular weight is 220 g/mol. The van der Waals surface area contributed by atoms with Crippen LogP contribution in [0.2, 0.25) is 0 Å². The Morgan fingerprint density at radius 1 is 1.27 bits per heavy atom. The lowest BCUT2D eigenvalue weighted by molar-refractivity contribution is 0.320. The summed E-state index contributed by atoms with van der Waals surface area (Å²) in [5.74, 6) is 0.952. The largest absolute Gasteiger partial charge is 0.508 e. The minimum Gasteiger partial charge on any atom is -0.508 e. The molecule has 0 amide bonds. The molecule has 1 aromatic carbocycles. The minimum absolute atomic E-state index is 0.239. The van der Waals surface area contributed by atoms with Gasteiger partial charge in [-0.25, -0.2) is 0 Å². The highest BCUT2D eigenvalue weighted by molar-refractivity contribution is 7.07. The van der Waals surface area contributed by atoms with Crippen molar-refractivity contribution in [2.24, 2.45) is 0 Å². The Hall–Kier alpha value is -1.48. The number of aromatic hydroxyl groups is 1. The zero-order chi connectivity index (χ0) is 10.5. The van der Waals surface area contributed by atoms with E-state index in [2.05, 4.69) is 16.8 Å². The maximum absolute atomic E-state index is 9.22. The van der Waals surface area contributed by atoms with E-state index >= 15 is 0 Å².